The van der Waals surface area contributed by atoms with E-state index in [-0.39, 0.29) is 23.8 Å². The van der Waals surface area contributed by atoms with Crippen LogP contribution in [-0.2, 0) is 16.0 Å². The molecule has 1 aromatic rings. The first-order chi connectivity index (χ1) is 10.6. The fourth-order valence-electron chi connectivity index (χ4n) is 3.48. The van der Waals surface area contributed by atoms with Gasteiger partial charge in [-0.25, -0.2) is 0 Å². The number of piperidine rings is 1. The first-order valence-electron chi connectivity index (χ1n) is 7.76. The normalized spacial score (nSPS) is 24.4. The van der Waals surface area contributed by atoms with Gasteiger partial charge in [-0.2, -0.15) is 0 Å². The summed E-state index contributed by atoms with van der Waals surface area (Å²) in [5.41, 5.74) is 0.895. The van der Waals surface area contributed by atoms with E-state index in [9.17, 15) is 9.59 Å². The maximum absolute atomic E-state index is 12.7. The molecule has 2 amide bonds. The Kier molecular flexibility index (Phi) is 4.05. The number of amides is 2. The van der Waals surface area contributed by atoms with Crippen molar-refractivity contribution in [3.63, 3.8) is 0 Å². The van der Waals surface area contributed by atoms with Crippen molar-refractivity contribution < 1.29 is 14.3 Å². The molecule has 0 aromatic heterocycles. The Morgan fingerprint density at radius 2 is 2.05 bits per heavy atom. The SMILES string of the molecule is COc1ccccc1CC(=O)N1C[C@H]2CC[C@@H](C1)N(C)C2=O. The Morgan fingerprint density at radius 1 is 1.27 bits per heavy atom. The summed E-state index contributed by atoms with van der Waals surface area (Å²) < 4.78 is 5.31. The summed E-state index contributed by atoms with van der Waals surface area (Å²) >= 11 is 0. The smallest absolute Gasteiger partial charge is 0.227 e. The number of benzene rings is 1. The molecule has 4 rings (SSSR count). The van der Waals surface area contributed by atoms with Crippen LogP contribution in [0.15, 0.2) is 24.3 Å². The number of hydrogen-bond acceptors (Lipinski definition) is 3. The number of hydrogen-bond donors (Lipinski definition) is 0. The van der Waals surface area contributed by atoms with Gasteiger partial charge >= 0.3 is 0 Å². The van der Waals surface area contributed by atoms with Gasteiger partial charge in [-0.15, -0.1) is 0 Å². The number of carbonyl (C=O) groups is 2. The van der Waals surface area contributed by atoms with Crippen LogP contribution < -0.4 is 4.74 Å². The van der Waals surface area contributed by atoms with Gasteiger partial charge in [0.15, 0.2) is 0 Å². The van der Waals surface area contributed by atoms with E-state index in [1.54, 1.807) is 7.11 Å². The minimum Gasteiger partial charge on any atom is -0.496 e. The van der Waals surface area contributed by atoms with Gasteiger partial charge in [0.25, 0.3) is 0 Å². The third-order valence-corrected chi connectivity index (χ3v) is 4.85. The van der Waals surface area contributed by atoms with Gasteiger partial charge in [-0.05, 0) is 18.9 Å². The monoisotopic (exact) mass is 302 g/mol. The molecule has 3 aliphatic heterocycles. The maximum Gasteiger partial charge on any atom is 0.227 e. The van der Waals surface area contributed by atoms with Crippen LogP contribution in [-0.4, -0.2) is 54.9 Å². The molecule has 3 aliphatic rings. The van der Waals surface area contributed by atoms with E-state index in [2.05, 4.69) is 0 Å². The number of rotatable bonds is 3. The predicted molar refractivity (Wildman–Crippen MR) is 82.6 cm³/mol. The zero-order valence-electron chi connectivity index (χ0n) is 13.1. The third-order valence-electron chi connectivity index (χ3n) is 4.85. The first kappa shape index (κ1) is 14.9. The number of likely N-dealkylation sites (N-methyl/N-ethyl adjacent to an activating group) is 1. The molecule has 3 fully saturated rings. The second-order valence-corrected chi connectivity index (χ2v) is 6.16. The molecule has 0 saturated carbocycles. The van der Waals surface area contributed by atoms with Crippen LogP contribution in [0, 0.1) is 5.92 Å². The van der Waals surface area contributed by atoms with Crippen LogP contribution in [0.2, 0.25) is 0 Å². The molecule has 1 aromatic carbocycles. The fourth-order valence-corrected chi connectivity index (χ4v) is 3.48. The van der Waals surface area contributed by atoms with Crippen LogP contribution in [0.1, 0.15) is 18.4 Å². The summed E-state index contributed by atoms with van der Waals surface area (Å²) in [7, 11) is 3.47. The molecule has 118 valence electrons. The maximum atomic E-state index is 12.7. The second-order valence-electron chi connectivity index (χ2n) is 6.16. The molecule has 3 saturated heterocycles. The summed E-state index contributed by atoms with van der Waals surface area (Å²) in [6.45, 7) is 1.19. The quantitative estimate of drug-likeness (QED) is 0.846. The van der Waals surface area contributed by atoms with E-state index in [4.69, 9.17) is 4.74 Å². The lowest BCUT2D eigenvalue weighted by atomic mass is 9.95. The highest BCUT2D eigenvalue weighted by Gasteiger charge is 2.40. The van der Waals surface area contributed by atoms with Gasteiger partial charge < -0.3 is 14.5 Å². The van der Waals surface area contributed by atoms with Crippen molar-refractivity contribution in [2.24, 2.45) is 5.92 Å². The summed E-state index contributed by atoms with van der Waals surface area (Å²) in [6.07, 6.45) is 2.21. The molecule has 2 atom stereocenters. The van der Waals surface area contributed by atoms with E-state index in [0.29, 0.717) is 19.5 Å². The number of para-hydroxylation sites is 1. The molecule has 2 bridgehead atoms. The van der Waals surface area contributed by atoms with Crippen molar-refractivity contribution in [1.29, 1.82) is 0 Å². The van der Waals surface area contributed by atoms with Crippen LogP contribution in [0.4, 0.5) is 0 Å². The van der Waals surface area contributed by atoms with Gasteiger partial charge in [-0.3, -0.25) is 9.59 Å². The molecule has 3 heterocycles. The number of fused-ring (bicyclic) bond motifs is 4. The van der Waals surface area contributed by atoms with E-state index in [0.717, 1.165) is 24.2 Å². The highest BCUT2D eigenvalue weighted by molar-refractivity contribution is 5.84. The predicted octanol–water partition coefficient (Wildman–Crippen LogP) is 1.32. The van der Waals surface area contributed by atoms with Gasteiger partial charge in [0.1, 0.15) is 5.75 Å². The average molecular weight is 302 g/mol. The van der Waals surface area contributed by atoms with Crippen molar-refractivity contribution in [2.45, 2.75) is 25.3 Å². The van der Waals surface area contributed by atoms with Gasteiger partial charge in [0.05, 0.1) is 19.4 Å². The molecular formula is C17H22N2O3. The van der Waals surface area contributed by atoms with Gasteiger partial charge in [0, 0.05) is 31.7 Å². The lowest BCUT2D eigenvalue weighted by molar-refractivity contribution is -0.138. The van der Waals surface area contributed by atoms with Gasteiger partial charge in [0.2, 0.25) is 11.8 Å². The standard InChI is InChI=1S/C17H22N2O3/c1-18-14-8-7-13(17(18)21)10-19(11-14)16(20)9-12-5-3-4-6-15(12)22-2/h3-6,13-14H,7-11H2,1-2H3/t13-,14+/m1/s1. The van der Waals surface area contributed by atoms with Crippen LogP contribution in [0.5, 0.6) is 5.75 Å². The minimum atomic E-state index is -0.0367. The highest BCUT2D eigenvalue weighted by Crippen LogP contribution is 2.28. The summed E-state index contributed by atoms with van der Waals surface area (Å²) in [5, 5.41) is 0. The molecule has 0 radical (unpaired) electrons. The topological polar surface area (TPSA) is 49.9 Å². The fraction of sp³-hybridized carbons (Fsp3) is 0.529. The Labute approximate surface area is 130 Å². The van der Waals surface area contributed by atoms with E-state index in [1.165, 1.54) is 0 Å². The number of ether oxygens (including phenoxy) is 1. The largest absolute Gasteiger partial charge is 0.496 e. The Morgan fingerprint density at radius 3 is 2.82 bits per heavy atom. The third kappa shape index (κ3) is 2.67. The molecular weight excluding hydrogens is 280 g/mol. The lowest BCUT2D eigenvalue weighted by Gasteiger charge is -2.32. The molecule has 0 unspecified atom stereocenters. The Balaban J connectivity index is 1.74. The van der Waals surface area contributed by atoms with E-state index < -0.39 is 0 Å². The number of nitrogens with zero attached hydrogens (tertiary/aromatic N) is 2. The molecule has 0 aliphatic carbocycles. The van der Waals surface area contributed by atoms with Gasteiger partial charge in [-0.1, -0.05) is 18.2 Å². The zero-order valence-corrected chi connectivity index (χ0v) is 13.1. The summed E-state index contributed by atoms with van der Waals surface area (Å²) in [4.78, 5) is 28.5. The highest BCUT2D eigenvalue weighted by atomic mass is 16.5. The molecule has 22 heavy (non-hydrogen) atoms. The molecule has 5 nitrogen and oxygen atoms in total. The molecule has 5 heteroatoms. The summed E-state index contributed by atoms with van der Waals surface area (Å²) in [6, 6.07) is 7.75. The molecule has 0 N–H and O–H groups in total. The number of carbonyl (C=O) groups excluding carboxylic acids is 2. The van der Waals surface area contributed by atoms with Crippen molar-refractivity contribution >= 4 is 11.8 Å². The van der Waals surface area contributed by atoms with Crippen molar-refractivity contribution in [3.8, 4) is 5.75 Å². The second kappa shape index (κ2) is 5.99. The van der Waals surface area contributed by atoms with Crippen LogP contribution in [0.3, 0.4) is 0 Å². The minimum absolute atomic E-state index is 0.0367. The van der Waals surface area contributed by atoms with Crippen LogP contribution in [0.25, 0.3) is 0 Å². The average Bonchev–Trinajstić information content (AvgIpc) is 2.82. The van der Waals surface area contributed by atoms with Crippen molar-refractivity contribution in [2.75, 3.05) is 27.2 Å². The lowest BCUT2D eigenvalue weighted by Crippen LogP contribution is -2.45. The first-order valence-corrected chi connectivity index (χ1v) is 7.76. The summed E-state index contributed by atoms with van der Waals surface area (Å²) in [5.74, 6) is 0.959. The van der Waals surface area contributed by atoms with E-state index in [1.807, 2.05) is 41.1 Å². The number of methoxy groups -OCH3 is 1. The van der Waals surface area contributed by atoms with E-state index >= 15 is 0 Å². The zero-order chi connectivity index (χ0) is 15.7. The molecule has 0 spiro atoms. The Bertz CT molecular complexity index is 587. The Hall–Kier alpha value is -2.04. The van der Waals surface area contributed by atoms with Crippen LogP contribution >= 0.6 is 0 Å². The van der Waals surface area contributed by atoms with Crippen molar-refractivity contribution in [1.82, 2.24) is 9.80 Å². The van der Waals surface area contributed by atoms with Crippen molar-refractivity contribution in [3.05, 3.63) is 29.8 Å².